The van der Waals surface area contributed by atoms with Crippen LogP contribution in [-0.2, 0) is 21.4 Å². The average molecular weight is 475 g/mol. The van der Waals surface area contributed by atoms with Crippen LogP contribution < -0.4 is 14.4 Å². The number of ether oxygens (including phenoxy) is 1. The van der Waals surface area contributed by atoms with E-state index in [4.69, 9.17) is 9.26 Å². The number of aryl methyl sites for hydroxylation is 1. The summed E-state index contributed by atoms with van der Waals surface area (Å²) in [4.78, 5) is 18.8. The van der Waals surface area contributed by atoms with Gasteiger partial charge in [-0.05, 0) is 44.2 Å². The molecule has 0 atom stereocenters. The zero-order valence-corrected chi connectivity index (χ0v) is 19.7. The van der Waals surface area contributed by atoms with Gasteiger partial charge in [-0.25, -0.2) is 13.1 Å². The van der Waals surface area contributed by atoms with Gasteiger partial charge in [0.2, 0.25) is 15.9 Å². The molecule has 1 amide bonds. The summed E-state index contributed by atoms with van der Waals surface area (Å²) in [6.07, 6.45) is 9.40. The number of benzene rings is 1. The Bertz CT molecular complexity index is 1130. The summed E-state index contributed by atoms with van der Waals surface area (Å²) in [6, 6.07) is 3.17. The first-order chi connectivity index (χ1) is 15.9. The molecule has 33 heavy (non-hydrogen) atoms. The predicted octanol–water partition coefficient (Wildman–Crippen LogP) is 3.57. The Labute approximate surface area is 193 Å². The Morgan fingerprint density at radius 2 is 1.82 bits per heavy atom. The van der Waals surface area contributed by atoms with Gasteiger partial charge in [-0.1, -0.05) is 37.3 Å². The molecule has 2 heterocycles. The van der Waals surface area contributed by atoms with E-state index in [0.717, 1.165) is 51.4 Å². The number of amides is 1. The second-order valence-electron chi connectivity index (χ2n) is 9.34. The van der Waals surface area contributed by atoms with Crippen LogP contribution in [0.2, 0.25) is 0 Å². The van der Waals surface area contributed by atoms with E-state index in [-0.39, 0.29) is 30.0 Å². The summed E-state index contributed by atoms with van der Waals surface area (Å²) in [5, 5.41) is 4.01. The molecule has 1 aromatic heterocycles. The first kappa shape index (κ1) is 22.3. The molecule has 1 N–H and O–H groups in total. The number of hydrogen-bond donors (Lipinski definition) is 1. The smallest absolute Gasteiger partial charge is 0.265 e. The van der Waals surface area contributed by atoms with Crippen LogP contribution in [0, 0.1) is 6.92 Å². The first-order valence-corrected chi connectivity index (χ1v) is 13.3. The highest BCUT2D eigenvalue weighted by atomic mass is 32.2. The molecule has 0 spiro atoms. The summed E-state index contributed by atoms with van der Waals surface area (Å²) in [7, 11) is -3.71. The summed E-state index contributed by atoms with van der Waals surface area (Å²) >= 11 is 0. The Morgan fingerprint density at radius 3 is 2.55 bits per heavy atom. The van der Waals surface area contributed by atoms with Gasteiger partial charge in [0.15, 0.2) is 12.4 Å². The quantitative estimate of drug-likeness (QED) is 0.680. The van der Waals surface area contributed by atoms with Gasteiger partial charge in [0.1, 0.15) is 5.75 Å². The minimum absolute atomic E-state index is 0.0522. The minimum Gasteiger partial charge on any atom is -0.482 e. The number of nitrogens with one attached hydrogen (secondary N) is 1. The van der Waals surface area contributed by atoms with Crippen LogP contribution >= 0.6 is 0 Å². The maximum atomic E-state index is 13.2. The Balaban J connectivity index is 1.38. The lowest BCUT2D eigenvalue weighted by molar-refractivity contribution is -0.121. The Hall–Kier alpha value is -2.46. The fourth-order valence-electron chi connectivity index (χ4n) is 4.62. The van der Waals surface area contributed by atoms with E-state index in [0.29, 0.717) is 34.6 Å². The van der Waals surface area contributed by atoms with Gasteiger partial charge in [0.05, 0.1) is 17.1 Å². The molecule has 9 nitrogen and oxygen atoms in total. The highest BCUT2D eigenvalue weighted by molar-refractivity contribution is 7.89. The predicted molar refractivity (Wildman–Crippen MR) is 121 cm³/mol. The molecule has 2 aromatic rings. The second-order valence-corrected chi connectivity index (χ2v) is 11.0. The SMILES string of the molecule is Cc1cc2c(cc1S(=O)(=O)NC1CCCCCCC1)OCC(=O)N2Cc1noc(C2CC2)n1. The second kappa shape index (κ2) is 9.06. The zero-order valence-electron chi connectivity index (χ0n) is 18.9. The zero-order chi connectivity index (χ0) is 23.0. The fraction of sp³-hybridized carbons (Fsp3) is 0.609. The topological polar surface area (TPSA) is 115 Å². The maximum Gasteiger partial charge on any atom is 0.265 e. The molecule has 178 valence electrons. The molecule has 0 unspecified atom stereocenters. The molecule has 1 aromatic carbocycles. The number of carbonyl (C=O) groups is 1. The molecule has 5 rings (SSSR count). The van der Waals surface area contributed by atoms with E-state index >= 15 is 0 Å². The van der Waals surface area contributed by atoms with E-state index in [9.17, 15) is 13.2 Å². The van der Waals surface area contributed by atoms with E-state index in [1.54, 1.807) is 13.0 Å². The molecule has 0 saturated heterocycles. The number of carbonyl (C=O) groups excluding carboxylic acids is 1. The lowest BCUT2D eigenvalue weighted by Crippen LogP contribution is -2.39. The minimum atomic E-state index is -3.71. The first-order valence-electron chi connectivity index (χ1n) is 11.8. The van der Waals surface area contributed by atoms with Gasteiger partial charge >= 0.3 is 0 Å². The van der Waals surface area contributed by atoms with E-state index in [2.05, 4.69) is 14.9 Å². The van der Waals surface area contributed by atoms with Crippen molar-refractivity contribution < 1.29 is 22.5 Å². The monoisotopic (exact) mass is 474 g/mol. The number of nitrogens with zero attached hydrogens (tertiary/aromatic N) is 3. The number of sulfonamides is 1. The van der Waals surface area contributed by atoms with Crippen LogP contribution in [-0.4, -0.2) is 37.1 Å². The van der Waals surface area contributed by atoms with E-state index < -0.39 is 10.0 Å². The third-order valence-corrected chi connectivity index (χ3v) is 8.29. The standard InChI is InChI=1S/C23H30N4O5S/c1-15-11-18-19(12-20(15)33(29,30)26-17-7-5-3-2-4-6-8-17)31-14-22(28)27(18)13-21-24-23(32-25-21)16-9-10-16/h11-12,16-17,26H,2-10,13-14H2,1H3. The molecule has 1 aliphatic heterocycles. The van der Waals surface area contributed by atoms with Crippen molar-refractivity contribution in [2.24, 2.45) is 0 Å². The van der Waals surface area contributed by atoms with Gasteiger partial charge in [-0.3, -0.25) is 9.69 Å². The lowest BCUT2D eigenvalue weighted by atomic mass is 9.97. The molecular formula is C23H30N4O5S. The summed E-state index contributed by atoms with van der Waals surface area (Å²) < 4.78 is 40.3. The van der Waals surface area contributed by atoms with Gasteiger partial charge in [0.25, 0.3) is 5.91 Å². The molecule has 10 heteroatoms. The number of rotatable bonds is 6. The van der Waals surface area contributed by atoms with Gasteiger partial charge in [-0.15, -0.1) is 0 Å². The number of aromatic nitrogens is 2. The molecular weight excluding hydrogens is 444 g/mol. The third kappa shape index (κ3) is 4.91. The van der Waals surface area contributed by atoms with Crippen LogP contribution in [0.3, 0.4) is 0 Å². The number of anilines is 1. The van der Waals surface area contributed by atoms with Crippen molar-refractivity contribution in [2.75, 3.05) is 11.5 Å². The molecule has 2 fully saturated rings. The highest BCUT2D eigenvalue weighted by Crippen LogP contribution is 2.40. The summed E-state index contributed by atoms with van der Waals surface area (Å²) in [6.45, 7) is 1.72. The fourth-order valence-corrected chi connectivity index (χ4v) is 6.17. The van der Waals surface area contributed by atoms with Crippen LogP contribution in [0.1, 0.15) is 81.0 Å². The van der Waals surface area contributed by atoms with Crippen LogP contribution in [0.5, 0.6) is 5.75 Å². The maximum absolute atomic E-state index is 13.2. The largest absolute Gasteiger partial charge is 0.482 e. The van der Waals surface area contributed by atoms with Crippen molar-refractivity contribution in [1.82, 2.24) is 14.9 Å². The van der Waals surface area contributed by atoms with Crippen molar-refractivity contribution in [2.45, 2.75) is 88.1 Å². The van der Waals surface area contributed by atoms with Gasteiger partial charge in [-0.2, -0.15) is 4.98 Å². The third-order valence-electron chi connectivity index (χ3n) is 6.63. The van der Waals surface area contributed by atoms with Gasteiger partial charge in [0, 0.05) is 18.0 Å². The Kier molecular flexibility index (Phi) is 6.13. The molecule has 2 saturated carbocycles. The van der Waals surface area contributed by atoms with Crippen molar-refractivity contribution in [3.05, 3.63) is 29.4 Å². The van der Waals surface area contributed by atoms with E-state index in [1.807, 2.05) is 0 Å². The normalized spacial score (nSPS) is 20.2. The summed E-state index contributed by atoms with van der Waals surface area (Å²) in [5.74, 6) is 1.51. The Morgan fingerprint density at radius 1 is 1.09 bits per heavy atom. The number of hydrogen-bond acceptors (Lipinski definition) is 7. The molecule has 0 bridgehead atoms. The average Bonchev–Trinajstić information content (AvgIpc) is 3.50. The van der Waals surface area contributed by atoms with Crippen LogP contribution in [0.4, 0.5) is 5.69 Å². The van der Waals surface area contributed by atoms with Crippen molar-refractivity contribution in [3.8, 4) is 5.75 Å². The van der Waals surface area contributed by atoms with E-state index in [1.165, 1.54) is 17.4 Å². The van der Waals surface area contributed by atoms with Crippen molar-refractivity contribution in [3.63, 3.8) is 0 Å². The highest BCUT2D eigenvalue weighted by Gasteiger charge is 2.33. The van der Waals surface area contributed by atoms with Crippen molar-refractivity contribution in [1.29, 1.82) is 0 Å². The van der Waals surface area contributed by atoms with Gasteiger partial charge < -0.3 is 9.26 Å². The lowest BCUT2D eigenvalue weighted by Gasteiger charge is -2.29. The van der Waals surface area contributed by atoms with Crippen molar-refractivity contribution >= 4 is 21.6 Å². The van der Waals surface area contributed by atoms with Crippen LogP contribution in [0.15, 0.2) is 21.6 Å². The molecule has 0 radical (unpaired) electrons. The summed E-state index contributed by atoms with van der Waals surface area (Å²) in [5.41, 5.74) is 1.08. The number of fused-ring (bicyclic) bond motifs is 1. The molecule has 3 aliphatic rings. The molecule has 2 aliphatic carbocycles. The van der Waals surface area contributed by atoms with Crippen LogP contribution in [0.25, 0.3) is 0 Å².